The van der Waals surface area contributed by atoms with Gasteiger partial charge in [-0.15, -0.1) is 11.3 Å². The van der Waals surface area contributed by atoms with Gasteiger partial charge in [-0.1, -0.05) is 17.4 Å². The summed E-state index contributed by atoms with van der Waals surface area (Å²) in [4.78, 5) is 18.5. The normalized spacial score (nSPS) is 11.2. The number of aromatic nitrogens is 1. The number of thiophene rings is 1. The number of halogens is 1. The number of ether oxygens (including phenoxy) is 1. The molecule has 0 atom stereocenters. The lowest BCUT2D eigenvalue weighted by molar-refractivity contribution is 0.0988. The van der Waals surface area contributed by atoms with E-state index >= 15 is 0 Å². The van der Waals surface area contributed by atoms with Crippen LogP contribution in [0.4, 0.5) is 9.52 Å². The van der Waals surface area contributed by atoms with Crippen molar-refractivity contribution in [3.8, 4) is 5.75 Å². The maximum absolute atomic E-state index is 13.2. The third kappa shape index (κ3) is 3.78. The van der Waals surface area contributed by atoms with Crippen LogP contribution in [0.1, 0.15) is 15.2 Å². The molecule has 0 bridgehead atoms. The molecule has 2 aromatic heterocycles. The second-order valence-corrected chi connectivity index (χ2v) is 7.70. The molecule has 0 saturated heterocycles. The Morgan fingerprint density at radius 3 is 2.75 bits per heavy atom. The number of hydrogen-bond acceptors (Lipinski definition) is 6. The maximum Gasteiger partial charge on any atom is 0.280 e. The number of hydrogen-bond donors (Lipinski definition) is 0. The fourth-order valence-corrected chi connectivity index (χ4v) is 4.02. The first kappa shape index (κ1) is 18.3. The highest BCUT2D eigenvalue weighted by Crippen LogP contribution is 2.32. The van der Waals surface area contributed by atoms with Crippen molar-refractivity contribution in [3.63, 3.8) is 0 Å². The third-order valence-electron chi connectivity index (χ3n) is 3.89. The number of carbonyl (C=O) groups is 1. The first-order chi connectivity index (χ1) is 13.6. The standard InChI is InChI=1S/C20H14FN3O2S2/c1-26-15-8-9-17-18(11-15)28-20(23-17)24(22-12-16-3-2-10-27-16)19(25)13-4-6-14(21)7-5-13/h2-12H,1H3/b22-12-. The van der Waals surface area contributed by atoms with Gasteiger partial charge in [-0.3, -0.25) is 4.79 Å². The van der Waals surface area contributed by atoms with Gasteiger partial charge in [0, 0.05) is 10.4 Å². The van der Waals surface area contributed by atoms with Crippen molar-refractivity contribution in [2.75, 3.05) is 12.1 Å². The lowest BCUT2D eigenvalue weighted by Gasteiger charge is -2.13. The number of rotatable bonds is 5. The quantitative estimate of drug-likeness (QED) is 0.336. The number of nitrogens with zero attached hydrogens (tertiary/aromatic N) is 3. The van der Waals surface area contributed by atoms with E-state index in [9.17, 15) is 9.18 Å². The Kier molecular flexibility index (Phi) is 5.14. The number of thiazole rings is 1. The van der Waals surface area contributed by atoms with Crippen LogP contribution < -0.4 is 9.75 Å². The van der Waals surface area contributed by atoms with E-state index in [4.69, 9.17) is 4.74 Å². The number of carbonyl (C=O) groups excluding carboxylic acids is 1. The van der Waals surface area contributed by atoms with Gasteiger partial charge in [0.1, 0.15) is 11.6 Å². The van der Waals surface area contributed by atoms with Gasteiger partial charge >= 0.3 is 0 Å². The molecule has 1 amide bonds. The summed E-state index contributed by atoms with van der Waals surface area (Å²) in [6, 6.07) is 14.7. The molecule has 0 saturated carbocycles. The molecule has 140 valence electrons. The Labute approximate surface area is 168 Å². The molecule has 0 radical (unpaired) electrons. The summed E-state index contributed by atoms with van der Waals surface area (Å²) in [6.45, 7) is 0. The summed E-state index contributed by atoms with van der Waals surface area (Å²) in [5.41, 5.74) is 1.06. The van der Waals surface area contributed by atoms with Gasteiger partial charge in [-0.25, -0.2) is 9.37 Å². The number of fused-ring (bicyclic) bond motifs is 1. The van der Waals surface area contributed by atoms with Crippen molar-refractivity contribution in [2.24, 2.45) is 5.10 Å². The molecule has 2 heterocycles. The van der Waals surface area contributed by atoms with Crippen LogP contribution in [-0.2, 0) is 0 Å². The van der Waals surface area contributed by atoms with Gasteiger partial charge in [0.05, 0.1) is 23.5 Å². The second-order valence-electron chi connectivity index (χ2n) is 5.71. The Hall–Kier alpha value is -3.10. The first-order valence-electron chi connectivity index (χ1n) is 8.26. The van der Waals surface area contributed by atoms with E-state index in [0.717, 1.165) is 15.1 Å². The lowest BCUT2D eigenvalue weighted by Crippen LogP contribution is -2.25. The number of hydrazone groups is 1. The molecule has 5 nitrogen and oxygen atoms in total. The van der Waals surface area contributed by atoms with Gasteiger partial charge < -0.3 is 4.74 Å². The van der Waals surface area contributed by atoms with Crippen LogP contribution in [0, 0.1) is 5.82 Å². The van der Waals surface area contributed by atoms with Gasteiger partial charge in [0.15, 0.2) is 0 Å². The zero-order chi connectivity index (χ0) is 19.5. The lowest BCUT2D eigenvalue weighted by atomic mass is 10.2. The minimum absolute atomic E-state index is 0.321. The largest absolute Gasteiger partial charge is 0.497 e. The van der Waals surface area contributed by atoms with Crippen molar-refractivity contribution >= 4 is 50.1 Å². The summed E-state index contributed by atoms with van der Waals surface area (Å²) in [5.74, 6) is -0.0858. The van der Waals surface area contributed by atoms with Gasteiger partial charge in [-0.2, -0.15) is 10.1 Å². The van der Waals surface area contributed by atoms with Gasteiger partial charge in [-0.05, 0) is 53.9 Å². The second kappa shape index (κ2) is 7.87. The predicted molar refractivity (Wildman–Crippen MR) is 111 cm³/mol. The van der Waals surface area contributed by atoms with E-state index in [0.29, 0.717) is 16.4 Å². The summed E-state index contributed by atoms with van der Waals surface area (Å²) < 4.78 is 19.4. The zero-order valence-electron chi connectivity index (χ0n) is 14.7. The van der Waals surface area contributed by atoms with Crippen LogP contribution in [0.25, 0.3) is 10.2 Å². The molecule has 0 fully saturated rings. The summed E-state index contributed by atoms with van der Waals surface area (Å²) in [6.07, 6.45) is 1.61. The Balaban J connectivity index is 1.75. The number of anilines is 1. The minimum atomic E-state index is -0.405. The summed E-state index contributed by atoms with van der Waals surface area (Å²) >= 11 is 2.84. The Morgan fingerprint density at radius 1 is 1.21 bits per heavy atom. The molecular formula is C20H14FN3O2S2. The fraction of sp³-hybridized carbons (Fsp3) is 0.0500. The molecule has 0 spiro atoms. The summed E-state index contributed by atoms with van der Waals surface area (Å²) in [7, 11) is 1.60. The minimum Gasteiger partial charge on any atom is -0.497 e. The molecule has 0 aliphatic carbocycles. The van der Waals surface area contributed by atoms with Crippen LogP contribution >= 0.6 is 22.7 Å². The van der Waals surface area contributed by atoms with E-state index in [-0.39, 0.29) is 5.91 Å². The number of benzene rings is 2. The van der Waals surface area contributed by atoms with Crippen molar-refractivity contribution in [1.29, 1.82) is 0 Å². The number of methoxy groups -OCH3 is 1. The highest BCUT2D eigenvalue weighted by molar-refractivity contribution is 7.22. The molecule has 2 aromatic carbocycles. The van der Waals surface area contributed by atoms with Crippen molar-refractivity contribution in [3.05, 3.63) is 76.2 Å². The van der Waals surface area contributed by atoms with E-state index < -0.39 is 5.82 Å². The van der Waals surface area contributed by atoms with Gasteiger partial charge in [0.25, 0.3) is 5.91 Å². The van der Waals surface area contributed by atoms with E-state index in [2.05, 4.69) is 10.1 Å². The van der Waals surface area contributed by atoms with Crippen LogP contribution in [-0.4, -0.2) is 24.2 Å². The van der Waals surface area contributed by atoms with E-state index in [1.54, 1.807) is 13.3 Å². The fourth-order valence-electron chi connectivity index (χ4n) is 2.49. The van der Waals surface area contributed by atoms with Crippen molar-refractivity contribution in [2.45, 2.75) is 0 Å². The molecule has 8 heteroatoms. The summed E-state index contributed by atoms with van der Waals surface area (Å²) in [5, 5.41) is 7.95. The van der Waals surface area contributed by atoms with Crippen LogP contribution in [0.5, 0.6) is 5.75 Å². The van der Waals surface area contributed by atoms with Crippen molar-refractivity contribution < 1.29 is 13.9 Å². The average molecular weight is 411 g/mol. The average Bonchev–Trinajstić information content (AvgIpc) is 3.37. The topological polar surface area (TPSA) is 54.8 Å². The molecule has 0 unspecified atom stereocenters. The first-order valence-corrected chi connectivity index (χ1v) is 9.96. The Bertz CT molecular complexity index is 1140. The monoisotopic (exact) mass is 411 g/mol. The zero-order valence-corrected chi connectivity index (χ0v) is 16.3. The number of amides is 1. The predicted octanol–water partition coefficient (Wildman–Crippen LogP) is 5.19. The van der Waals surface area contributed by atoms with Crippen molar-refractivity contribution in [1.82, 2.24) is 4.98 Å². The SMILES string of the molecule is COc1ccc2nc(N(/N=C\c3cccs3)C(=O)c3ccc(F)cc3)sc2c1. The van der Waals surface area contributed by atoms with Gasteiger partial charge in [0.2, 0.25) is 5.13 Å². The highest BCUT2D eigenvalue weighted by Gasteiger charge is 2.21. The van der Waals surface area contributed by atoms with E-state index in [1.807, 2.05) is 35.7 Å². The Morgan fingerprint density at radius 2 is 2.04 bits per heavy atom. The smallest absolute Gasteiger partial charge is 0.280 e. The molecule has 4 aromatic rings. The molecule has 4 rings (SSSR count). The maximum atomic E-state index is 13.2. The third-order valence-corrected chi connectivity index (χ3v) is 5.69. The van der Waals surface area contributed by atoms with E-state index in [1.165, 1.54) is 51.9 Å². The molecule has 28 heavy (non-hydrogen) atoms. The van der Waals surface area contributed by atoms with Crippen LogP contribution in [0.3, 0.4) is 0 Å². The molecular weight excluding hydrogens is 397 g/mol. The molecule has 0 aliphatic rings. The highest BCUT2D eigenvalue weighted by atomic mass is 32.1. The van der Waals surface area contributed by atoms with Crippen LogP contribution in [0.2, 0.25) is 0 Å². The van der Waals surface area contributed by atoms with Crippen LogP contribution in [0.15, 0.2) is 65.1 Å². The molecule has 0 aliphatic heterocycles. The molecule has 0 N–H and O–H groups in total.